The van der Waals surface area contributed by atoms with E-state index in [0.717, 1.165) is 12.1 Å². The number of anilines is 1. The van der Waals surface area contributed by atoms with Crippen LogP contribution < -0.4 is 11.1 Å². The third kappa shape index (κ3) is 2.89. The Balaban J connectivity index is 2.94. The van der Waals surface area contributed by atoms with Crippen molar-refractivity contribution in [1.29, 1.82) is 5.26 Å². The molecule has 15 heavy (non-hydrogen) atoms. The maximum Gasteiger partial charge on any atom is 0.150 e. The summed E-state index contributed by atoms with van der Waals surface area (Å²) in [4.78, 5) is 0. The van der Waals surface area contributed by atoms with Crippen LogP contribution in [-0.2, 0) is 0 Å². The molecule has 80 valence electrons. The molecule has 0 spiro atoms. The minimum atomic E-state index is -0.785. The molecule has 3 nitrogen and oxygen atoms in total. The van der Waals surface area contributed by atoms with Crippen LogP contribution in [0.4, 0.5) is 14.5 Å². The van der Waals surface area contributed by atoms with Gasteiger partial charge in [-0.1, -0.05) is 0 Å². The highest BCUT2D eigenvalue weighted by atomic mass is 19.1. The summed E-state index contributed by atoms with van der Waals surface area (Å²) in [6, 6.07) is 3.42. The number of hydrogen-bond acceptors (Lipinski definition) is 3. The fourth-order valence-corrected chi connectivity index (χ4v) is 1.07. The SMILES string of the molecule is CC(N)CNc1c(F)cc(C#N)cc1F. The van der Waals surface area contributed by atoms with Gasteiger partial charge in [-0.05, 0) is 19.1 Å². The van der Waals surface area contributed by atoms with Gasteiger partial charge in [0.1, 0.15) is 5.69 Å². The second-order valence-electron chi connectivity index (χ2n) is 3.28. The maximum absolute atomic E-state index is 13.3. The fraction of sp³-hybridized carbons (Fsp3) is 0.300. The molecule has 0 saturated heterocycles. The molecule has 0 aliphatic heterocycles. The van der Waals surface area contributed by atoms with E-state index in [4.69, 9.17) is 11.0 Å². The Labute approximate surface area is 86.5 Å². The molecule has 0 saturated carbocycles. The number of nitrogens with one attached hydrogen (secondary N) is 1. The number of nitriles is 1. The number of hydrogen-bond donors (Lipinski definition) is 2. The lowest BCUT2D eigenvalue weighted by molar-refractivity contribution is 0.585. The van der Waals surface area contributed by atoms with Crippen molar-refractivity contribution in [2.75, 3.05) is 11.9 Å². The lowest BCUT2D eigenvalue weighted by atomic mass is 10.2. The van der Waals surface area contributed by atoms with Crippen LogP contribution >= 0.6 is 0 Å². The first kappa shape index (κ1) is 11.4. The van der Waals surface area contributed by atoms with Gasteiger partial charge in [-0.2, -0.15) is 5.26 Å². The van der Waals surface area contributed by atoms with Crippen LogP contribution in [-0.4, -0.2) is 12.6 Å². The summed E-state index contributed by atoms with van der Waals surface area (Å²) in [5.74, 6) is -1.57. The van der Waals surface area contributed by atoms with Crippen LogP contribution in [0, 0.1) is 23.0 Å². The van der Waals surface area contributed by atoms with E-state index >= 15 is 0 Å². The van der Waals surface area contributed by atoms with Crippen LogP contribution in [0.25, 0.3) is 0 Å². The summed E-state index contributed by atoms with van der Waals surface area (Å²) >= 11 is 0. The van der Waals surface area contributed by atoms with Crippen molar-refractivity contribution >= 4 is 5.69 Å². The first-order valence-electron chi connectivity index (χ1n) is 4.43. The maximum atomic E-state index is 13.3. The Bertz CT molecular complexity index is 373. The average Bonchev–Trinajstić information content (AvgIpc) is 2.15. The Hall–Kier alpha value is -1.67. The summed E-state index contributed by atoms with van der Waals surface area (Å²) in [6.45, 7) is 1.98. The molecule has 0 bridgehead atoms. The van der Waals surface area contributed by atoms with Crippen molar-refractivity contribution in [3.8, 4) is 6.07 Å². The highest BCUT2D eigenvalue weighted by Crippen LogP contribution is 2.20. The summed E-state index contributed by atoms with van der Waals surface area (Å²) < 4.78 is 26.5. The predicted molar refractivity (Wildman–Crippen MR) is 53.2 cm³/mol. The van der Waals surface area contributed by atoms with E-state index in [-0.39, 0.29) is 23.8 Å². The van der Waals surface area contributed by atoms with Gasteiger partial charge in [0, 0.05) is 12.6 Å². The van der Waals surface area contributed by atoms with Crippen molar-refractivity contribution in [3.63, 3.8) is 0 Å². The van der Waals surface area contributed by atoms with Crippen LogP contribution in [0.2, 0.25) is 0 Å². The average molecular weight is 211 g/mol. The summed E-state index contributed by atoms with van der Waals surface area (Å²) in [5, 5.41) is 11.0. The molecule has 1 unspecified atom stereocenters. The lowest BCUT2D eigenvalue weighted by Gasteiger charge is -2.10. The number of benzene rings is 1. The molecule has 0 heterocycles. The van der Waals surface area contributed by atoms with Gasteiger partial charge in [-0.3, -0.25) is 0 Å². The first-order chi connectivity index (χ1) is 7.04. The van der Waals surface area contributed by atoms with Gasteiger partial charge in [-0.15, -0.1) is 0 Å². The first-order valence-corrected chi connectivity index (χ1v) is 4.43. The van der Waals surface area contributed by atoms with E-state index in [1.165, 1.54) is 0 Å². The summed E-state index contributed by atoms with van der Waals surface area (Å²) in [5.41, 5.74) is 5.15. The monoisotopic (exact) mass is 211 g/mol. The predicted octanol–water partition coefficient (Wildman–Crippen LogP) is 1.60. The summed E-state index contributed by atoms with van der Waals surface area (Å²) in [7, 11) is 0. The topological polar surface area (TPSA) is 61.8 Å². The van der Waals surface area contributed by atoms with E-state index < -0.39 is 11.6 Å². The van der Waals surface area contributed by atoms with E-state index in [0.29, 0.717) is 0 Å². The minimum Gasteiger partial charge on any atom is -0.379 e. The second-order valence-corrected chi connectivity index (χ2v) is 3.28. The zero-order valence-corrected chi connectivity index (χ0v) is 8.22. The fourth-order valence-electron chi connectivity index (χ4n) is 1.07. The molecule has 0 aliphatic rings. The molecule has 1 aromatic rings. The molecule has 0 radical (unpaired) electrons. The standard InChI is InChI=1S/C10H11F2N3/c1-6(14)5-15-10-8(11)2-7(4-13)3-9(10)12/h2-3,6,15H,5,14H2,1H3. The quantitative estimate of drug-likeness (QED) is 0.798. The third-order valence-electron chi connectivity index (χ3n) is 1.77. The Kier molecular flexibility index (Phi) is 3.58. The van der Waals surface area contributed by atoms with Gasteiger partial charge in [-0.25, -0.2) is 8.78 Å². The van der Waals surface area contributed by atoms with Crippen molar-refractivity contribution in [3.05, 3.63) is 29.3 Å². The van der Waals surface area contributed by atoms with Crippen LogP contribution in [0.15, 0.2) is 12.1 Å². The molecule has 0 amide bonds. The number of rotatable bonds is 3. The largest absolute Gasteiger partial charge is 0.379 e. The van der Waals surface area contributed by atoms with Gasteiger partial charge in [0.2, 0.25) is 0 Å². The molecule has 0 aliphatic carbocycles. The Morgan fingerprint density at radius 2 is 2.00 bits per heavy atom. The molecular formula is C10H11F2N3. The normalized spacial score (nSPS) is 11.9. The van der Waals surface area contributed by atoms with Crippen LogP contribution in [0.3, 0.4) is 0 Å². The second kappa shape index (κ2) is 4.71. The third-order valence-corrected chi connectivity index (χ3v) is 1.77. The molecule has 1 atom stereocenters. The van der Waals surface area contributed by atoms with Crippen LogP contribution in [0.5, 0.6) is 0 Å². The smallest absolute Gasteiger partial charge is 0.150 e. The Morgan fingerprint density at radius 3 is 2.40 bits per heavy atom. The molecule has 3 N–H and O–H groups in total. The molecular weight excluding hydrogens is 200 g/mol. The number of halogens is 2. The highest BCUT2D eigenvalue weighted by molar-refractivity contribution is 5.50. The van der Waals surface area contributed by atoms with Crippen molar-refractivity contribution in [1.82, 2.24) is 0 Å². The van der Waals surface area contributed by atoms with E-state index in [9.17, 15) is 8.78 Å². The van der Waals surface area contributed by atoms with Gasteiger partial charge >= 0.3 is 0 Å². The molecule has 1 rings (SSSR count). The molecule has 0 aromatic heterocycles. The highest BCUT2D eigenvalue weighted by Gasteiger charge is 2.10. The van der Waals surface area contributed by atoms with Gasteiger partial charge in [0.15, 0.2) is 11.6 Å². The summed E-state index contributed by atoms with van der Waals surface area (Å²) in [6.07, 6.45) is 0. The van der Waals surface area contributed by atoms with Gasteiger partial charge in [0.05, 0.1) is 11.6 Å². The van der Waals surface area contributed by atoms with Gasteiger partial charge in [0.25, 0.3) is 0 Å². The van der Waals surface area contributed by atoms with Gasteiger partial charge < -0.3 is 11.1 Å². The zero-order valence-electron chi connectivity index (χ0n) is 8.22. The van der Waals surface area contributed by atoms with E-state index in [2.05, 4.69) is 5.32 Å². The zero-order chi connectivity index (χ0) is 11.4. The Morgan fingerprint density at radius 1 is 1.47 bits per heavy atom. The molecule has 1 aromatic carbocycles. The van der Waals surface area contributed by atoms with Crippen LogP contribution in [0.1, 0.15) is 12.5 Å². The minimum absolute atomic E-state index is 0.0450. The molecule has 0 fully saturated rings. The van der Waals surface area contributed by atoms with Crippen molar-refractivity contribution < 1.29 is 8.78 Å². The number of nitrogens with two attached hydrogens (primary N) is 1. The number of nitrogens with zero attached hydrogens (tertiary/aromatic N) is 1. The van der Waals surface area contributed by atoms with Crippen molar-refractivity contribution in [2.45, 2.75) is 13.0 Å². The lowest BCUT2D eigenvalue weighted by Crippen LogP contribution is -2.25. The van der Waals surface area contributed by atoms with Crippen molar-refractivity contribution in [2.24, 2.45) is 5.73 Å². The molecule has 5 heteroatoms. The van der Waals surface area contributed by atoms with E-state index in [1.54, 1.807) is 13.0 Å². The van der Waals surface area contributed by atoms with E-state index in [1.807, 2.05) is 0 Å².